The predicted octanol–water partition coefficient (Wildman–Crippen LogP) is 14.8. The lowest BCUT2D eigenvalue weighted by Gasteiger charge is -2.30. The Labute approximate surface area is 396 Å². The standard InChI is InChI=1S/C62H51N3Si2/c1-66(2,3)48-33-27-45(28-34-48)60-63-59(64-61(65-60)46-29-35-49(36-30-46)67(4,5)6)44-25-23-41(24-26-44)40-19-21-42(22-20-40)47-31-37-53-57(39-47)62(56-38-32-43-13-7-8-14-50(43)58(53)56)54-17-11-9-15-51(54)52-16-10-12-18-55(52)62/h7-39H,1-6H3. The Kier molecular flexibility index (Phi) is 9.44. The molecular formula is C62H51N3Si2. The molecule has 1 aromatic heterocycles. The zero-order chi connectivity index (χ0) is 45.7. The van der Waals surface area contributed by atoms with Gasteiger partial charge >= 0.3 is 0 Å². The van der Waals surface area contributed by atoms with Gasteiger partial charge in [-0.25, -0.2) is 15.0 Å². The van der Waals surface area contributed by atoms with Gasteiger partial charge in [-0.3, -0.25) is 0 Å². The molecule has 0 radical (unpaired) electrons. The van der Waals surface area contributed by atoms with Crippen LogP contribution in [0.5, 0.6) is 0 Å². The first kappa shape index (κ1) is 41.1. The molecule has 0 amide bonds. The van der Waals surface area contributed by atoms with Crippen LogP contribution in [0.1, 0.15) is 22.3 Å². The van der Waals surface area contributed by atoms with Crippen LogP contribution in [0.4, 0.5) is 0 Å². The molecule has 0 saturated heterocycles. The lowest BCUT2D eigenvalue weighted by molar-refractivity contribution is 0.795. The van der Waals surface area contributed by atoms with Gasteiger partial charge in [0, 0.05) is 16.7 Å². The Morgan fingerprint density at radius 2 is 0.716 bits per heavy atom. The molecule has 0 bridgehead atoms. The summed E-state index contributed by atoms with van der Waals surface area (Å²) < 4.78 is 0. The molecule has 3 nitrogen and oxygen atoms in total. The van der Waals surface area contributed by atoms with Crippen LogP contribution in [0.25, 0.3) is 89.4 Å². The maximum atomic E-state index is 5.10. The average molecular weight is 894 g/mol. The van der Waals surface area contributed by atoms with Crippen molar-refractivity contribution < 1.29 is 0 Å². The molecule has 0 N–H and O–H groups in total. The monoisotopic (exact) mass is 893 g/mol. The Morgan fingerprint density at radius 3 is 1.21 bits per heavy atom. The summed E-state index contributed by atoms with van der Waals surface area (Å²) in [4.78, 5) is 15.3. The summed E-state index contributed by atoms with van der Waals surface area (Å²) in [6.07, 6.45) is 0. The highest BCUT2D eigenvalue weighted by Gasteiger charge is 2.52. The molecule has 0 atom stereocenters. The van der Waals surface area contributed by atoms with Crippen molar-refractivity contribution >= 4 is 37.3 Å². The molecule has 322 valence electrons. The fourth-order valence-electron chi connectivity index (χ4n) is 10.8. The number of rotatable bonds is 7. The molecule has 2 aliphatic rings. The van der Waals surface area contributed by atoms with E-state index in [4.69, 9.17) is 15.0 Å². The third-order valence-corrected chi connectivity index (χ3v) is 18.5. The fraction of sp³-hybridized carbons (Fsp3) is 0.113. The minimum absolute atomic E-state index is 0.407. The minimum Gasteiger partial charge on any atom is -0.208 e. The van der Waals surface area contributed by atoms with Crippen LogP contribution in [0, 0.1) is 0 Å². The van der Waals surface area contributed by atoms with Crippen LogP contribution in [0.15, 0.2) is 200 Å². The average Bonchev–Trinajstić information content (AvgIpc) is 3.83. The fourth-order valence-corrected chi connectivity index (χ4v) is 13.1. The van der Waals surface area contributed by atoms with E-state index in [-0.39, 0.29) is 0 Å². The van der Waals surface area contributed by atoms with E-state index in [0.29, 0.717) is 17.5 Å². The van der Waals surface area contributed by atoms with Crippen LogP contribution >= 0.6 is 0 Å². The second kappa shape index (κ2) is 15.4. The van der Waals surface area contributed by atoms with Crippen LogP contribution in [0.3, 0.4) is 0 Å². The van der Waals surface area contributed by atoms with Gasteiger partial charge in [0.15, 0.2) is 17.5 Å². The zero-order valence-corrected chi connectivity index (χ0v) is 40.9. The molecule has 67 heavy (non-hydrogen) atoms. The van der Waals surface area contributed by atoms with E-state index in [1.54, 1.807) is 0 Å². The van der Waals surface area contributed by atoms with Gasteiger partial charge in [-0.05, 0) is 83.6 Å². The van der Waals surface area contributed by atoms with Crippen LogP contribution in [-0.2, 0) is 5.41 Å². The zero-order valence-electron chi connectivity index (χ0n) is 38.9. The van der Waals surface area contributed by atoms with E-state index < -0.39 is 21.6 Å². The summed E-state index contributed by atoms with van der Waals surface area (Å²) >= 11 is 0. The summed E-state index contributed by atoms with van der Waals surface area (Å²) in [5, 5.41) is 5.40. The van der Waals surface area contributed by atoms with Crippen molar-refractivity contribution in [2.45, 2.75) is 44.7 Å². The molecule has 1 spiro atoms. The summed E-state index contributed by atoms with van der Waals surface area (Å²) in [7, 11) is -2.92. The number of hydrogen-bond donors (Lipinski definition) is 0. The first-order valence-electron chi connectivity index (χ1n) is 23.5. The van der Waals surface area contributed by atoms with Gasteiger partial charge < -0.3 is 0 Å². The molecule has 2 aliphatic carbocycles. The summed E-state index contributed by atoms with van der Waals surface area (Å²) in [5.41, 5.74) is 18.0. The van der Waals surface area contributed by atoms with Crippen molar-refractivity contribution in [3.05, 3.63) is 222 Å². The Morgan fingerprint density at radius 1 is 0.313 bits per heavy atom. The van der Waals surface area contributed by atoms with Gasteiger partial charge in [0.1, 0.15) is 0 Å². The lowest BCUT2D eigenvalue weighted by atomic mass is 9.70. The van der Waals surface area contributed by atoms with Gasteiger partial charge in [-0.1, -0.05) is 244 Å². The van der Waals surface area contributed by atoms with E-state index in [2.05, 4.69) is 239 Å². The molecule has 0 fully saturated rings. The predicted molar refractivity (Wildman–Crippen MR) is 287 cm³/mol. The second-order valence-electron chi connectivity index (χ2n) is 20.4. The Hall–Kier alpha value is -7.32. The van der Waals surface area contributed by atoms with Crippen LogP contribution in [-0.4, -0.2) is 31.1 Å². The van der Waals surface area contributed by atoms with Crippen molar-refractivity contribution in [2.75, 3.05) is 0 Å². The highest BCUT2D eigenvalue weighted by molar-refractivity contribution is 6.89. The number of fused-ring (bicyclic) bond motifs is 12. The normalized spacial score (nSPS) is 13.3. The molecule has 0 saturated carbocycles. The van der Waals surface area contributed by atoms with Crippen molar-refractivity contribution in [2.24, 2.45) is 0 Å². The van der Waals surface area contributed by atoms with Gasteiger partial charge in [0.05, 0.1) is 21.6 Å². The van der Waals surface area contributed by atoms with Gasteiger partial charge in [0.25, 0.3) is 0 Å². The number of benzene rings is 9. The third kappa shape index (κ3) is 6.71. The first-order chi connectivity index (χ1) is 32.4. The second-order valence-corrected chi connectivity index (χ2v) is 30.6. The van der Waals surface area contributed by atoms with Gasteiger partial charge in [-0.2, -0.15) is 0 Å². The third-order valence-electron chi connectivity index (χ3n) is 14.3. The molecule has 10 aromatic rings. The van der Waals surface area contributed by atoms with E-state index >= 15 is 0 Å². The molecular weight excluding hydrogens is 843 g/mol. The highest BCUT2D eigenvalue weighted by Crippen LogP contribution is 2.64. The summed E-state index contributed by atoms with van der Waals surface area (Å²) in [6, 6.07) is 74.3. The maximum Gasteiger partial charge on any atom is 0.164 e. The number of nitrogens with zero attached hydrogens (tertiary/aromatic N) is 3. The van der Waals surface area contributed by atoms with Crippen LogP contribution < -0.4 is 10.4 Å². The van der Waals surface area contributed by atoms with E-state index in [9.17, 15) is 0 Å². The molecule has 0 unspecified atom stereocenters. The topological polar surface area (TPSA) is 38.7 Å². The van der Waals surface area contributed by atoms with E-state index in [1.807, 2.05) is 0 Å². The van der Waals surface area contributed by atoms with Crippen molar-refractivity contribution in [3.63, 3.8) is 0 Å². The highest BCUT2D eigenvalue weighted by atomic mass is 28.3. The SMILES string of the molecule is C[Si](C)(C)c1ccc(-c2nc(-c3ccc(-c4ccc(-c5ccc6c(c5)C5(c7ccccc7-c7ccccc75)c5ccc7ccccc7c5-6)cc4)cc3)nc(-c3ccc([Si](C)(C)C)cc3)n2)cc1. The number of aromatic nitrogens is 3. The molecule has 9 aromatic carbocycles. The Balaban J connectivity index is 0.901. The quantitative estimate of drug-likeness (QED) is 0.150. The first-order valence-corrected chi connectivity index (χ1v) is 30.5. The van der Waals surface area contributed by atoms with Gasteiger partial charge in [0.2, 0.25) is 0 Å². The summed E-state index contributed by atoms with van der Waals surface area (Å²) in [6.45, 7) is 14.3. The number of hydrogen-bond acceptors (Lipinski definition) is 3. The van der Waals surface area contributed by atoms with Crippen molar-refractivity contribution in [1.29, 1.82) is 0 Å². The van der Waals surface area contributed by atoms with Crippen molar-refractivity contribution in [1.82, 2.24) is 15.0 Å². The molecule has 0 aliphatic heterocycles. The van der Waals surface area contributed by atoms with Crippen LogP contribution in [0.2, 0.25) is 39.3 Å². The molecule has 12 rings (SSSR count). The molecule has 5 heteroatoms. The lowest BCUT2D eigenvalue weighted by Crippen LogP contribution is -2.37. The minimum atomic E-state index is -1.46. The van der Waals surface area contributed by atoms with E-state index in [0.717, 1.165) is 27.8 Å². The largest absolute Gasteiger partial charge is 0.208 e. The molecule has 1 heterocycles. The summed E-state index contributed by atoms with van der Waals surface area (Å²) in [5.74, 6) is 2.04. The Bertz CT molecular complexity index is 3440. The van der Waals surface area contributed by atoms with Gasteiger partial charge in [-0.15, -0.1) is 0 Å². The van der Waals surface area contributed by atoms with Crippen molar-refractivity contribution in [3.8, 4) is 78.7 Å². The maximum absolute atomic E-state index is 5.10. The van der Waals surface area contributed by atoms with E-state index in [1.165, 1.54) is 76.8 Å². The smallest absolute Gasteiger partial charge is 0.164 e.